The van der Waals surface area contributed by atoms with Crippen LogP contribution in [0.3, 0.4) is 0 Å². The summed E-state index contributed by atoms with van der Waals surface area (Å²) in [6, 6.07) is 14.3. The van der Waals surface area contributed by atoms with Crippen molar-refractivity contribution in [3.63, 3.8) is 0 Å². The minimum absolute atomic E-state index is 0.147. The fourth-order valence-corrected chi connectivity index (χ4v) is 4.27. The molecule has 0 amide bonds. The molecule has 5 atom stereocenters. The maximum Gasteiger partial charge on any atom is 0.190 e. The molecule has 0 spiro atoms. The van der Waals surface area contributed by atoms with Gasteiger partial charge in [-0.25, -0.2) is 4.39 Å². The van der Waals surface area contributed by atoms with E-state index in [1.54, 1.807) is 18.2 Å². The van der Waals surface area contributed by atoms with Gasteiger partial charge in [0, 0.05) is 17.0 Å². The lowest BCUT2D eigenvalue weighted by atomic mass is 10.1. The molecule has 2 fully saturated rings. The summed E-state index contributed by atoms with van der Waals surface area (Å²) in [5.41, 5.74) is 1.47. The second-order valence-corrected chi connectivity index (χ2v) is 8.21. The lowest BCUT2D eigenvalue weighted by Gasteiger charge is -2.28. The average molecular weight is 421 g/mol. The molecule has 2 aliphatic heterocycles. The van der Waals surface area contributed by atoms with Crippen molar-refractivity contribution in [2.24, 2.45) is 0 Å². The largest absolute Gasteiger partial charge is 0.368 e. The van der Waals surface area contributed by atoms with Crippen molar-refractivity contribution in [3.8, 4) is 0 Å². The Bertz CT molecular complexity index is 847. The van der Waals surface area contributed by atoms with Crippen LogP contribution in [0.5, 0.6) is 0 Å². The molecule has 2 aliphatic rings. The van der Waals surface area contributed by atoms with E-state index in [2.05, 4.69) is 6.92 Å². The second-order valence-electron chi connectivity index (χ2n) is 7.80. The van der Waals surface area contributed by atoms with Crippen molar-refractivity contribution < 1.29 is 23.3 Å². The lowest BCUT2D eigenvalue weighted by Crippen LogP contribution is -2.38. The van der Waals surface area contributed by atoms with E-state index in [-0.39, 0.29) is 30.7 Å². The maximum absolute atomic E-state index is 14.0. The third kappa shape index (κ3) is 4.49. The Kier molecular flexibility index (Phi) is 6.23. The molecule has 0 bridgehead atoms. The monoisotopic (exact) mass is 420 g/mol. The molecular weight excluding hydrogens is 395 g/mol. The topological polar surface area (TPSA) is 36.9 Å². The molecule has 2 heterocycles. The van der Waals surface area contributed by atoms with Gasteiger partial charge in [0.05, 0.1) is 12.7 Å². The van der Waals surface area contributed by atoms with Gasteiger partial charge in [0.2, 0.25) is 0 Å². The van der Waals surface area contributed by atoms with E-state index >= 15 is 0 Å². The van der Waals surface area contributed by atoms with Gasteiger partial charge < -0.3 is 18.9 Å². The van der Waals surface area contributed by atoms with Gasteiger partial charge in [-0.05, 0) is 31.0 Å². The van der Waals surface area contributed by atoms with Gasteiger partial charge in [-0.3, -0.25) is 0 Å². The number of hydrogen-bond acceptors (Lipinski definition) is 4. The molecule has 0 aromatic heterocycles. The van der Waals surface area contributed by atoms with Crippen LogP contribution in [0.15, 0.2) is 48.5 Å². The van der Waals surface area contributed by atoms with Crippen LogP contribution in [0, 0.1) is 5.82 Å². The van der Waals surface area contributed by atoms with Crippen LogP contribution in [-0.2, 0) is 32.0 Å². The third-order valence-corrected chi connectivity index (χ3v) is 5.82. The predicted octanol–water partition coefficient (Wildman–Crippen LogP) is 5.26. The molecule has 1 unspecified atom stereocenters. The van der Waals surface area contributed by atoms with Gasteiger partial charge in [-0.15, -0.1) is 0 Å². The van der Waals surface area contributed by atoms with Gasteiger partial charge in [-0.1, -0.05) is 61.3 Å². The van der Waals surface area contributed by atoms with Crippen LogP contribution < -0.4 is 0 Å². The number of rotatable bonds is 7. The van der Waals surface area contributed by atoms with Crippen molar-refractivity contribution in [2.45, 2.75) is 70.1 Å². The molecule has 6 heteroatoms. The first kappa shape index (κ1) is 20.8. The summed E-state index contributed by atoms with van der Waals surface area (Å²) in [5, 5.41) is 0.676. The zero-order valence-electron chi connectivity index (χ0n) is 16.6. The Hall–Kier alpha value is -1.50. The zero-order chi connectivity index (χ0) is 20.4. The number of ether oxygens (including phenoxy) is 4. The molecular formula is C23H26ClFO4. The summed E-state index contributed by atoms with van der Waals surface area (Å²) in [5.74, 6) is -1.14. The highest BCUT2D eigenvalue weighted by Crippen LogP contribution is 2.42. The van der Waals surface area contributed by atoms with Crippen LogP contribution in [-0.4, -0.2) is 30.4 Å². The summed E-state index contributed by atoms with van der Waals surface area (Å²) in [4.78, 5) is 0. The molecule has 156 valence electrons. The van der Waals surface area contributed by atoms with Crippen molar-refractivity contribution in [1.29, 1.82) is 0 Å². The molecule has 2 aromatic rings. The first-order chi connectivity index (χ1) is 14.0. The summed E-state index contributed by atoms with van der Waals surface area (Å²) >= 11 is 6.31. The van der Waals surface area contributed by atoms with Gasteiger partial charge in [-0.2, -0.15) is 0 Å². The number of fused-ring (bicyclic) bond motifs is 1. The van der Waals surface area contributed by atoms with E-state index in [9.17, 15) is 4.39 Å². The maximum atomic E-state index is 14.0. The second kappa shape index (κ2) is 8.70. The van der Waals surface area contributed by atoms with Crippen molar-refractivity contribution in [3.05, 3.63) is 70.5 Å². The van der Waals surface area contributed by atoms with Crippen molar-refractivity contribution in [1.82, 2.24) is 0 Å². The highest BCUT2D eigenvalue weighted by molar-refractivity contribution is 6.31. The summed E-state index contributed by atoms with van der Waals surface area (Å²) in [7, 11) is 0. The Labute approximate surface area is 175 Å². The SMILES string of the molecule is CCC[C@H]1O[C@@H]2OC(C)(Cc3ccccc3Cl)O[C@@H]2[C@H]1OCc1ccccc1F. The van der Waals surface area contributed by atoms with Crippen LogP contribution in [0.25, 0.3) is 0 Å². The Morgan fingerprint density at radius 3 is 2.52 bits per heavy atom. The molecule has 0 radical (unpaired) electrons. The van der Waals surface area contributed by atoms with Crippen LogP contribution in [0.2, 0.25) is 5.02 Å². The van der Waals surface area contributed by atoms with E-state index in [1.807, 2.05) is 31.2 Å². The molecule has 0 N–H and O–H groups in total. The quantitative estimate of drug-likeness (QED) is 0.612. The molecule has 0 saturated carbocycles. The zero-order valence-corrected chi connectivity index (χ0v) is 17.4. The summed E-state index contributed by atoms with van der Waals surface area (Å²) < 4.78 is 38.7. The van der Waals surface area contributed by atoms with Gasteiger partial charge >= 0.3 is 0 Å². The normalized spacial score (nSPS) is 31.2. The minimum Gasteiger partial charge on any atom is -0.368 e. The molecule has 4 rings (SSSR count). The third-order valence-electron chi connectivity index (χ3n) is 5.45. The molecule has 0 aliphatic carbocycles. The number of halogens is 2. The fraction of sp³-hybridized carbons (Fsp3) is 0.478. The molecule has 2 saturated heterocycles. The fourth-order valence-electron chi connectivity index (χ4n) is 4.06. The summed E-state index contributed by atoms with van der Waals surface area (Å²) in [6.07, 6.45) is 0.917. The lowest BCUT2D eigenvalue weighted by molar-refractivity contribution is -0.228. The Morgan fingerprint density at radius 1 is 1.07 bits per heavy atom. The van der Waals surface area contributed by atoms with Crippen LogP contribution >= 0.6 is 11.6 Å². The van der Waals surface area contributed by atoms with E-state index in [1.165, 1.54) is 6.07 Å². The molecule has 4 nitrogen and oxygen atoms in total. The van der Waals surface area contributed by atoms with Gasteiger partial charge in [0.15, 0.2) is 12.1 Å². The van der Waals surface area contributed by atoms with E-state index in [0.717, 1.165) is 18.4 Å². The minimum atomic E-state index is -0.864. The smallest absolute Gasteiger partial charge is 0.190 e. The van der Waals surface area contributed by atoms with E-state index in [0.29, 0.717) is 17.0 Å². The number of hydrogen-bond donors (Lipinski definition) is 0. The van der Waals surface area contributed by atoms with Gasteiger partial charge in [0.25, 0.3) is 0 Å². The first-order valence-corrected chi connectivity index (χ1v) is 10.5. The standard InChI is InChI=1S/C23H26ClFO4/c1-3-8-19-20(26-14-16-10-5-7-12-18(16)25)21-22(27-19)29-23(2,28-21)13-15-9-4-6-11-17(15)24/h4-7,9-12,19-22H,3,8,13-14H2,1-2H3/t19-,20+,21-,22-,23?/m1/s1. The highest BCUT2D eigenvalue weighted by Gasteiger charge is 2.56. The molecule has 29 heavy (non-hydrogen) atoms. The van der Waals surface area contributed by atoms with Crippen molar-refractivity contribution >= 4 is 11.6 Å². The first-order valence-electron chi connectivity index (χ1n) is 10.1. The van der Waals surface area contributed by atoms with Crippen LogP contribution in [0.1, 0.15) is 37.8 Å². The van der Waals surface area contributed by atoms with Crippen molar-refractivity contribution in [2.75, 3.05) is 0 Å². The summed E-state index contributed by atoms with van der Waals surface area (Å²) in [6.45, 7) is 4.14. The highest BCUT2D eigenvalue weighted by atomic mass is 35.5. The molecule has 2 aromatic carbocycles. The Morgan fingerprint density at radius 2 is 1.79 bits per heavy atom. The predicted molar refractivity (Wildman–Crippen MR) is 108 cm³/mol. The van der Waals surface area contributed by atoms with Gasteiger partial charge in [0.1, 0.15) is 18.0 Å². The Balaban J connectivity index is 1.47. The van der Waals surface area contributed by atoms with E-state index in [4.69, 9.17) is 30.5 Å². The van der Waals surface area contributed by atoms with Crippen LogP contribution in [0.4, 0.5) is 4.39 Å². The van der Waals surface area contributed by atoms with E-state index < -0.39 is 12.1 Å². The number of benzene rings is 2. The average Bonchev–Trinajstić information content (AvgIpc) is 3.16.